The van der Waals surface area contributed by atoms with Gasteiger partial charge in [-0.1, -0.05) is 13.0 Å². The molecule has 1 aromatic carbocycles. The van der Waals surface area contributed by atoms with Gasteiger partial charge in [-0.05, 0) is 91.4 Å². The number of aryl methyl sites for hydroxylation is 1. The van der Waals surface area contributed by atoms with Crippen LogP contribution in [0.4, 0.5) is 39.5 Å². The molecule has 0 bridgehead atoms. The van der Waals surface area contributed by atoms with E-state index in [2.05, 4.69) is 15.8 Å². The Morgan fingerprint density at radius 1 is 0.864 bits per heavy atom. The van der Waals surface area contributed by atoms with E-state index in [1.165, 1.54) is 5.56 Å². The predicted octanol–water partition coefficient (Wildman–Crippen LogP) is 7.12. The smallest absolute Gasteiger partial charge is 0.435 e. The largest absolute Gasteiger partial charge is 0.491 e. The summed E-state index contributed by atoms with van der Waals surface area (Å²) in [6, 6.07) is 5.81. The molecule has 2 saturated carbocycles. The zero-order valence-corrected chi connectivity index (χ0v) is 24.9. The Labute approximate surface area is 249 Å². The lowest BCUT2D eigenvalue weighted by Gasteiger charge is -2.50. The Balaban J connectivity index is 1.33. The van der Waals surface area contributed by atoms with Crippen LogP contribution in [0.2, 0.25) is 0 Å². The molecule has 4 rings (SSSR count). The Morgan fingerprint density at radius 3 is 2.14 bits per heavy atom. The van der Waals surface area contributed by atoms with Crippen molar-refractivity contribution in [2.75, 3.05) is 32.7 Å². The average Bonchev–Trinajstić information content (AvgIpc) is 3.21. The van der Waals surface area contributed by atoms with Gasteiger partial charge in [0.05, 0.1) is 19.0 Å². The lowest BCUT2D eigenvalue weighted by Crippen LogP contribution is -2.67. The lowest BCUT2D eigenvalue weighted by molar-refractivity contribution is -0.457. The van der Waals surface area contributed by atoms with Gasteiger partial charge in [-0.25, -0.2) is 0 Å². The van der Waals surface area contributed by atoms with Gasteiger partial charge in [0.2, 0.25) is 0 Å². The number of hydrogen-bond acceptors (Lipinski definition) is 6. The Morgan fingerprint density at radius 2 is 1.52 bits per heavy atom. The fraction of sp³-hybridized carbons (Fsp3) is 0.786. The maximum Gasteiger partial charge on any atom is 0.435 e. The van der Waals surface area contributed by atoms with E-state index in [1.807, 2.05) is 18.2 Å². The highest BCUT2D eigenvalue weighted by Gasteiger charge is 2.85. The van der Waals surface area contributed by atoms with E-state index >= 15 is 0 Å². The number of hydrogen-bond donors (Lipinski definition) is 0. The molecular formula is C28H35F9O6S. The highest BCUT2D eigenvalue weighted by molar-refractivity contribution is 7.85. The zero-order valence-electron chi connectivity index (χ0n) is 24.1. The fourth-order valence-electron chi connectivity index (χ4n) is 7.46. The molecule has 3 aliphatic carbocycles. The summed E-state index contributed by atoms with van der Waals surface area (Å²) in [5, 5.41) is 0. The van der Waals surface area contributed by atoms with Gasteiger partial charge in [0.25, 0.3) is 10.1 Å². The minimum Gasteiger partial charge on any atom is -0.491 e. The van der Waals surface area contributed by atoms with Gasteiger partial charge in [0, 0.05) is 6.61 Å². The van der Waals surface area contributed by atoms with Crippen LogP contribution in [0.25, 0.3) is 0 Å². The second kappa shape index (κ2) is 12.4. The van der Waals surface area contributed by atoms with Gasteiger partial charge in [0.15, 0.2) is 0 Å². The number of rotatable bonds is 11. The molecule has 0 aromatic heterocycles. The maximum atomic E-state index is 13.1. The van der Waals surface area contributed by atoms with Crippen molar-refractivity contribution in [1.82, 2.24) is 0 Å². The van der Waals surface area contributed by atoms with E-state index < -0.39 is 47.3 Å². The fourth-order valence-corrected chi connectivity index (χ4v) is 7.83. The van der Waals surface area contributed by atoms with Gasteiger partial charge in [0.1, 0.15) is 19.0 Å². The number of halogens is 9. The van der Waals surface area contributed by atoms with E-state index in [9.17, 15) is 47.9 Å². The summed E-state index contributed by atoms with van der Waals surface area (Å²) in [5.74, 6) is 1.48. The quantitative estimate of drug-likeness (QED) is 0.142. The number of benzene rings is 1. The van der Waals surface area contributed by atoms with Crippen molar-refractivity contribution in [3.63, 3.8) is 0 Å². The summed E-state index contributed by atoms with van der Waals surface area (Å²) in [6.45, 7) is 0.246. The van der Waals surface area contributed by atoms with Crippen LogP contribution in [0, 0.1) is 17.3 Å². The third-order valence-corrected chi connectivity index (χ3v) is 9.98. The van der Waals surface area contributed by atoms with Crippen LogP contribution in [-0.2, 0) is 30.2 Å². The Kier molecular flexibility index (Phi) is 9.92. The Bertz CT molecular complexity index is 1230. The molecule has 16 heteroatoms. The third kappa shape index (κ3) is 6.82. The van der Waals surface area contributed by atoms with Crippen molar-refractivity contribution in [1.29, 1.82) is 0 Å². The standard InChI is InChI=1S/C28H35F9O6S/c1-24-11-10-20-19-7-5-18(40-14-15-43-44(2,38)39)16-17(19)4-6-21(20)22(24)8-9-23(24)41-12-3-13-42-25(26(29,30)31,27(32,33)34)28(35,36)37/h5,7,16,20-23H,3-4,6,8-15H2,1-2H3/t20-,21-,22+,23+,24+/m1/s1. The van der Waals surface area contributed by atoms with Crippen molar-refractivity contribution in [2.45, 2.75) is 88.0 Å². The lowest BCUT2D eigenvalue weighted by atomic mass is 9.55. The first-order valence-corrected chi connectivity index (χ1v) is 16.1. The Hall–Kier alpha value is -1.78. The van der Waals surface area contributed by atoms with E-state index in [1.54, 1.807) is 0 Å². The molecule has 3 aliphatic rings. The molecule has 0 aliphatic heterocycles. The van der Waals surface area contributed by atoms with Crippen LogP contribution < -0.4 is 4.74 Å². The maximum absolute atomic E-state index is 13.1. The summed E-state index contributed by atoms with van der Waals surface area (Å²) in [4.78, 5) is 0. The molecule has 6 nitrogen and oxygen atoms in total. The van der Waals surface area contributed by atoms with Gasteiger partial charge >= 0.3 is 24.1 Å². The van der Waals surface area contributed by atoms with Crippen molar-refractivity contribution >= 4 is 10.1 Å². The molecule has 0 spiro atoms. The molecule has 0 radical (unpaired) electrons. The first-order valence-electron chi connectivity index (χ1n) is 14.3. The molecule has 0 N–H and O–H groups in total. The average molecular weight is 671 g/mol. The minimum absolute atomic E-state index is 0.0692. The van der Waals surface area contributed by atoms with E-state index in [4.69, 9.17) is 9.47 Å². The molecule has 44 heavy (non-hydrogen) atoms. The third-order valence-electron chi connectivity index (χ3n) is 9.38. The van der Waals surface area contributed by atoms with Crippen LogP contribution in [0.1, 0.15) is 62.5 Å². The van der Waals surface area contributed by atoms with Crippen LogP contribution >= 0.6 is 0 Å². The first kappa shape index (κ1) is 35.1. The summed E-state index contributed by atoms with van der Waals surface area (Å²) < 4.78 is 160. The predicted molar refractivity (Wildman–Crippen MR) is 139 cm³/mol. The SMILES string of the molecule is C[C@]12CC[C@@H]3c4ccc(OCCOS(C)(=O)=O)cc4CC[C@H]3[C@@H]1CC[C@@H]2OCCCOC(C(F)(F)F)(C(F)(F)F)C(F)(F)F. The second-order valence-electron chi connectivity index (χ2n) is 12.0. The summed E-state index contributed by atoms with van der Waals surface area (Å²) in [7, 11) is -3.56. The van der Waals surface area contributed by atoms with Crippen LogP contribution in [0.5, 0.6) is 5.75 Å². The molecule has 1 aromatic rings. The van der Waals surface area contributed by atoms with Gasteiger partial charge in [-0.3, -0.25) is 4.18 Å². The molecule has 0 amide bonds. The monoisotopic (exact) mass is 670 g/mol. The molecule has 5 atom stereocenters. The zero-order chi connectivity index (χ0) is 32.8. The molecule has 0 heterocycles. The van der Waals surface area contributed by atoms with Crippen LogP contribution in [-0.4, -0.2) is 71.3 Å². The molecular weight excluding hydrogens is 635 g/mol. The molecule has 252 valence electrons. The van der Waals surface area contributed by atoms with E-state index in [0.717, 1.165) is 43.9 Å². The van der Waals surface area contributed by atoms with E-state index in [-0.39, 0.29) is 43.2 Å². The minimum atomic E-state index is -6.75. The number of ether oxygens (including phenoxy) is 3. The molecule has 0 unspecified atom stereocenters. The normalized spacial score (nSPS) is 27.9. The van der Waals surface area contributed by atoms with E-state index in [0.29, 0.717) is 18.1 Å². The van der Waals surface area contributed by atoms with Gasteiger partial charge < -0.3 is 14.2 Å². The second-order valence-corrected chi connectivity index (χ2v) is 13.7. The summed E-state index contributed by atoms with van der Waals surface area (Å²) in [6.07, 6.45) is -15.5. The molecule has 2 fully saturated rings. The van der Waals surface area contributed by atoms with Crippen LogP contribution in [0.3, 0.4) is 0 Å². The van der Waals surface area contributed by atoms with Crippen molar-refractivity contribution in [3.8, 4) is 5.75 Å². The summed E-state index contributed by atoms with van der Waals surface area (Å²) in [5.41, 5.74) is -4.20. The van der Waals surface area contributed by atoms with Gasteiger partial charge in [-0.2, -0.15) is 47.9 Å². The number of alkyl halides is 9. The number of fused-ring (bicyclic) bond motifs is 5. The highest BCUT2D eigenvalue weighted by atomic mass is 32.2. The van der Waals surface area contributed by atoms with Crippen LogP contribution in [0.15, 0.2) is 18.2 Å². The van der Waals surface area contributed by atoms with Crippen molar-refractivity contribution in [2.24, 2.45) is 17.3 Å². The van der Waals surface area contributed by atoms with Crippen molar-refractivity contribution < 1.29 is 66.3 Å². The molecule has 0 saturated heterocycles. The summed E-state index contributed by atoms with van der Waals surface area (Å²) >= 11 is 0. The topological polar surface area (TPSA) is 71.1 Å². The van der Waals surface area contributed by atoms with Crippen molar-refractivity contribution in [3.05, 3.63) is 29.3 Å². The highest BCUT2D eigenvalue weighted by Crippen LogP contribution is 2.62. The first-order chi connectivity index (χ1) is 20.2. The van der Waals surface area contributed by atoms with Gasteiger partial charge in [-0.15, -0.1) is 0 Å².